The number of hydrogen-bond acceptors (Lipinski definition) is 4. The summed E-state index contributed by atoms with van der Waals surface area (Å²) in [7, 11) is 0. The van der Waals surface area contributed by atoms with Crippen LogP contribution < -0.4 is 5.32 Å². The van der Waals surface area contributed by atoms with E-state index in [4.69, 9.17) is 5.11 Å². The third-order valence-electron chi connectivity index (χ3n) is 4.55. The zero-order chi connectivity index (χ0) is 19.5. The standard InChI is InChI=1S/C16H25BrN4.C4H6O2/c1-2-3-4-5-6-7-8-9-13-18-16-19-15-12-10-11-14(17)21(15)20-16;5-4(6)3-1-2-3/h10-12H,2-9,13H2,1H3,(H,18,20);3H,1-2H2,(H,5,6). The molecule has 6 nitrogen and oxygen atoms in total. The van der Waals surface area contributed by atoms with Gasteiger partial charge < -0.3 is 10.4 Å². The number of hydrogen-bond donors (Lipinski definition) is 2. The third-order valence-corrected chi connectivity index (χ3v) is 5.15. The monoisotopic (exact) mass is 438 g/mol. The Morgan fingerprint density at radius 3 is 2.41 bits per heavy atom. The number of anilines is 1. The minimum absolute atomic E-state index is 0.0185. The summed E-state index contributed by atoms with van der Waals surface area (Å²) in [4.78, 5) is 14.2. The Balaban J connectivity index is 0.000000369. The number of carboxylic acids is 1. The number of aromatic nitrogens is 3. The van der Waals surface area contributed by atoms with Crippen LogP contribution in [-0.2, 0) is 4.79 Å². The molecule has 2 aromatic heterocycles. The predicted molar refractivity (Wildman–Crippen MR) is 112 cm³/mol. The van der Waals surface area contributed by atoms with Crippen molar-refractivity contribution in [3.05, 3.63) is 22.8 Å². The lowest BCUT2D eigenvalue weighted by molar-refractivity contribution is -0.138. The number of carbonyl (C=O) groups is 1. The molecule has 0 spiro atoms. The quantitative estimate of drug-likeness (QED) is 0.356. The van der Waals surface area contributed by atoms with E-state index >= 15 is 0 Å². The topological polar surface area (TPSA) is 79.5 Å². The van der Waals surface area contributed by atoms with Gasteiger partial charge in [-0.05, 0) is 47.3 Å². The number of nitrogens with one attached hydrogen (secondary N) is 1. The lowest BCUT2D eigenvalue weighted by Gasteiger charge is -2.02. The number of aliphatic carboxylic acids is 1. The first-order valence-electron chi connectivity index (χ1n) is 10.1. The lowest BCUT2D eigenvalue weighted by Crippen LogP contribution is -2.03. The Morgan fingerprint density at radius 1 is 1.19 bits per heavy atom. The Labute approximate surface area is 169 Å². The van der Waals surface area contributed by atoms with Gasteiger partial charge in [0, 0.05) is 6.54 Å². The maximum Gasteiger partial charge on any atom is 0.306 e. The summed E-state index contributed by atoms with van der Waals surface area (Å²) >= 11 is 3.47. The fraction of sp³-hybridized carbons (Fsp3) is 0.650. The van der Waals surface area contributed by atoms with Crippen LogP contribution >= 0.6 is 15.9 Å². The number of halogens is 1. The average Bonchev–Trinajstić information content (AvgIpc) is 3.42. The first-order chi connectivity index (χ1) is 13.1. The Kier molecular flexibility index (Phi) is 9.59. The highest BCUT2D eigenvalue weighted by molar-refractivity contribution is 9.10. The lowest BCUT2D eigenvalue weighted by atomic mass is 10.1. The van der Waals surface area contributed by atoms with Crippen LogP contribution in [0.1, 0.15) is 71.1 Å². The van der Waals surface area contributed by atoms with E-state index in [1.54, 1.807) is 4.52 Å². The second kappa shape index (κ2) is 12.0. The van der Waals surface area contributed by atoms with Gasteiger partial charge in [0.1, 0.15) is 4.60 Å². The second-order valence-corrected chi connectivity index (χ2v) is 7.88. The molecule has 2 heterocycles. The van der Waals surface area contributed by atoms with Crippen LogP contribution in [0.4, 0.5) is 5.95 Å². The summed E-state index contributed by atoms with van der Waals surface area (Å²) in [5, 5.41) is 15.8. The van der Waals surface area contributed by atoms with Crippen molar-refractivity contribution in [2.75, 3.05) is 11.9 Å². The fourth-order valence-corrected chi connectivity index (χ4v) is 3.15. The average molecular weight is 439 g/mol. The van der Waals surface area contributed by atoms with Crippen LogP contribution in [-0.4, -0.2) is 32.2 Å². The predicted octanol–water partition coefficient (Wildman–Crippen LogP) is 5.53. The van der Waals surface area contributed by atoms with Crippen molar-refractivity contribution in [1.29, 1.82) is 0 Å². The maximum atomic E-state index is 9.76. The molecule has 27 heavy (non-hydrogen) atoms. The molecule has 1 saturated carbocycles. The Hall–Kier alpha value is -1.63. The summed E-state index contributed by atoms with van der Waals surface area (Å²) in [5.41, 5.74) is 0.864. The molecule has 7 heteroatoms. The first kappa shape index (κ1) is 21.7. The van der Waals surface area contributed by atoms with E-state index in [0.29, 0.717) is 5.95 Å². The minimum atomic E-state index is -0.630. The van der Waals surface area contributed by atoms with Crippen LogP contribution in [0.15, 0.2) is 22.8 Å². The fourth-order valence-electron chi connectivity index (χ4n) is 2.74. The molecule has 0 saturated heterocycles. The van der Waals surface area contributed by atoms with E-state index in [0.717, 1.165) is 29.6 Å². The number of fused-ring (bicyclic) bond motifs is 1. The second-order valence-electron chi connectivity index (χ2n) is 7.07. The minimum Gasteiger partial charge on any atom is -0.481 e. The molecule has 2 aromatic rings. The van der Waals surface area contributed by atoms with Gasteiger partial charge in [-0.1, -0.05) is 57.9 Å². The molecule has 1 aliphatic rings. The van der Waals surface area contributed by atoms with Crippen molar-refractivity contribution in [3.63, 3.8) is 0 Å². The zero-order valence-corrected chi connectivity index (χ0v) is 17.7. The van der Waals surface area contributed by atoms with Gasteiger partial charge in [0.05, 0.1) is 5.92 Å². The molecular formula is C20H31BrN4O2. The summed E-state index contributed by atoms with van der Waals surface area (Å²) in [5.74, 6) is 0.102. The number of carboxylic acid groups (broad SMARTS) is 1. The molecule has 0 atom stereocenters. The van der Waals surface area contributed by atoms with E-state index in [9.17, 15) is 4.79 Å². The molecule has 1 fully saturated rings. The molecule has 3 rings (SSSR count). The van der Waals surface area contributed by atoms with Crippen molar-refractivity contribution >= 4 is 33.5 Å². The summed E-state index contributed by atoms with van der Waals surface area (Å²) in [6, 6.07) is 5.89. The third kappa shape index (κ3) is 8.28. The highest BCUT2D eigenvalue weighted by Crippen LogP contribution is 2.28. The van der Waals surface area contributed by atoms with Crippen LogP contribution in [0.25, 0.3) is 5.65 Å². The van der Waals surface area contributed by atoms with Crippen molar-refractivity contribution < 1.29 is 9.90 Å². The molecule has 2 N–H and O–H groups in total. The summed E-state index contributed by atoms with van der Waals surface area (Å²) in [6.07, 6.45) is 12.5. The Morgan fingerprint density at radius 2 is 1.85 bits per heavy atom. The molecule has 0 bridgehead atoms. The van der Waals surface area contributed by atoms with Gasteiger partial charge in [0.15, 0.2) is 5.65 Å². The largest absolute Gasteiger partial charge is 0.481 e. The summed E-state index contributed by atoms with van der Waals surface area (Å²) < 4.78 is 2.73. The molecule has 0 unspecified atom stereocenters. The van der Waals surface area contributed by atoms with Gasteiger partial charge >= 0.3 is 5.97 Å². The van der Waals surface area contributed by atoms with E-state index in [2.05, 4.69) is 38.3 Å². The van der Waals surface area contributed by atoms with Crippen molar-refractivity contribution in [2.24, 2.45) is 5.92 Å². The highest BCUT2D eigenvalue weighted by atomic mass is 79.9. The SMILES string of the molecule is CCCCCCCCCCNc1nc2cccc(Br)n2n1.O=C(O)C1CC1. The first-order valence-corrected chi connectivity index (χ1v) is 10.9. The van der Waals surface area contributed by atoms with Gasteiger partial charge in [0.25, 0.3) is 0 Å². The zero-order valence-electron chi connectivity index (χ0n) is 16.2. The van der Waals surface area contributed by atoms with E-state index in [1.165, 1.54) is 51.4 Å². The highest BCUT2D eigenvalue weighted by Gasteiger charge is 2.28. The van der Waals surface area contributed by atoms with Gasteiger partial charge in [-0.2, -0.15) is 4.98 Å². The van der Waals surface area contributed by atoms with Gasteiger partial charge in [-0.15, -0.1) is 5.10 Å². The van der Waals surface area contributed by atoms with Crippen LogP contribution in [0.3, 0.4) is 0 Å². The normalized spacial score (nSPS) is 13.3. The van der Waals surface area contributed by atoms with E-state index in [-0.39, 0.29) is 5.92 Å². The van der Waals surface area contributed by atoms with Crippen molar-refractivity contribution in [3.8, 4) is 0 Å². The molecule has 1 aliphatic carbocycles. The smallest absolute Gasteiger partial charge is 0.306 e. The van der Waals surface area contributed by atoms with Crippen molar-refractivity contribution in [1.82, 2.24) is 14.6 Å². The van der Waals surface area contributed by atoms with Gasteiger partial charge in [0.2, 0.25) is 5.95 Å². The van der Waals surface area contributed by atoms with Gasteiger partial charge in [-0.25, -0.2) is 4.52 Å². The van der Waals surface area contributed by atoms with Crippen LogP contribution in [0.5, 0.6) is 0 Å². The number of nitrogens with zero attached hydrogens (tertiary/aromatic N) is 3. The number of unbranched alkanes of at least 4 members (excludes halogenated alkanes) is 7. The van der Waals surface area contributed by atoms with Crippen LogP contribution in [0, 0.1) is 5.92 Å². The molecule has 0 radical (unpaired) electrons. The molecule has 0 aliphatic heterocycles. The molecular weight excluding hydrogens is 408 g/mol. The molecule has 150 valence electrons. The van der Waals surface area contributed by atoms with Crippen molar-refractivity contribution in [2.45, 2.75) is 71.1 Å². The van der Waals surface area contributed by atoms with Gasteiger partial charge in [-0.3, -0.25) is 4.79 Å². The Bertz CT molecular complexity index is 700. The summed E-state index contributed by atoms with van der Waals surface area (Å²) in [6.45, 7) is 3.21. The number of rotatable bonds is 11. The number of pyridine rings is 1. The van der Waals surface area contributed by atoms with Crippen LogP contribution in [0.2, 0.25) is 0 Å². The van der Waals surface area contributed by atoms with E-state index < -0.39 is 5.97 Å². The molecule has 0 amide bonds. The maximum absolute atomic E-state index is 9.76. The molecule has 0 aromatic carbocycles. The van der Waals surface area contributed by atoms with E-state index in [1.807, 2.05) is 18.2 Å².